The Morgan fingerprint density at radius 3 is 1.31 bits per heavy atom. The Hall–Kier alpha value is -1.15. The molecule has 9 unspecified atom stereocenters. The van der Waals surface area contributed by atoms with E-state index in [9.17, 15) is 40.5 Å². The molecule has 0 aromatic heterocycles. The largest absolute Gasteiger partial charge is 0.394 e. The maximum Gasteiger partial charge on any atom is 0.249 e. The molecule has 0 saturated carbocycles. The first kappa shape index (κ1) is 61.9. The average Bonchev–Trinajstić information content (AvgIpc) is 3.31. The van der Waals surface area contributed by atoms with Crippen LogP contribution in [0.5, 0.6) is 0 Å². The second kappa shape index (κ2) is 44.1. The molecule has 1 aliphatic rings. The smallest absolute Gasteiger partial charge is 0.249 e. The van der Waals surface area contributed by atoms with Gasteiger partial charge in [-0.05, 0) is 38.5 Å². The van der Waals surface area contributed by atoms with Crippen LogP contribution < -0.4 is 5.32 Å². The lowest BCUT2D eigenvalue weighted by Gasteiger charge is -2.40. The third-order valence-corrected chi connectivity index (χ3v) is 13.6. The standard InChI is InChI=1S/C54H105NO10/c1-3-5-7-9-11-13-15-17-19-20-21-22-23-24-25-26-27-28-30-31-33-35-37-39-41-46(57)49(59)45(44-64-54-52(62)51(61)50(60)48(43-56)65-54)55-53(63)47(58)42-40-38-36-34-32-29-18-16-14-12-10-8-6-4-2/h14,16,45-52,54,56-62H,3-13,15,17-44H2,1-2H3,(H,55,63)/b16-14-. The highest BCUT2D eigenvalue weighted by Crippen LogP contribution is 2.23. The highest BCUT2D eigenvalue weighted by atomic mass is 16.7. The summed E-state index contributed by atoms with van der Waals surface area (Å²) in [7, 11) is 0. The Bertz CT molecular complexity index is 1060. The molecule has 65 heavy (non-hydrogen) atoms. The van der Waals surface area contributed by atoms with E-state index in [1.165, 1.54) is 161 Å². The van der Waals surface area contributed by atoms with Gasteiger partial charge in [0, 0.05) is 0 Å². The summed E-state index contributed by atoms with van der Waals surface area (Å²) in [4.78, 5) is 13.1. The van der Waals surface area contributed by atoms with Gasteiger partial charge in [0.1, 0.15) is 36.6 Å². The number of carbonyl (C=O) groups excluding carboxylic acids is 1. The second-order valence-electron chi connectivity index (χ2n) is 19.7. The maximum atomic E-state index is 13.1. The Morgan fingerprint density at radius 2 is 0.892 bits per heavy atom. The molecule has 0 aliphatic carbocycles. The number of amides is 1. The van der Waals surface area contributed by atoms with Crippen molar-refractivity contribution in [2.75, 3.05) is 13.2 Å². The van der Waals surface area contributed by atoms with Crippen LogP contribution >= 0.6 is 0 Å². The van der Waals surface area contributed by atoms with Crippen molar-refractivity contribution in [2.45, 2.75) is 313 Å². The van der Waals surface area contributed by atoms with Gasteiger partial charge in [-0.3, -0.25) is 4.79 Å². The van der Waals surface area contributed by atoms with Crippen molar-refractivity contribution in [1.29, 1.82) is 0 Å². The van der Waals surface area contributed by atoms with E-state index >= 15 is 0 Å². The molecule has 1 rings (SSSR count). The fourth-order valence-corrected chi connectivity index (χ4v) is 9.03. The van der Waals surface area contributed by atoms with Gasteiger partial charge in [0.25, 0.3) is 0 Å². The molecule has 9 atom stereocenters. The normalized spacial score (nSPS) is 20.9. The summed E-state index contributed by atoms with van der Waals surface area (Å²) in [5.74, 6) is -0.699. The maximum absolute atomic E-state index is 13.1. The van der Waals surface area contributed by atoms with Gasteiger partial charge in [-0.1, -0.05) is 231 Å². The molecule has 1 aliphatic heterocycles. The van der Waals surface area contributed by atoms with Gasteiger partial charge < -0.3 is 50.5 Å². The highest BCUT2D eigenvalue weighted by molar-refractivity contribution is 5.80. The molecule has 11 heteroatoms. The minimum atomic E-state index is -1.66. The third kappa shape index (κ3) is 33.1. The Morgan fingerprint density at radius 1 is 0.523 bits per heavy atom. The van der Waals surface area contributed by atoms with Crippen molar-refractivity contribution < 1.29 is 50.0 Å². The summed E-state index contributed by atoms with van der Waals surface area (Å²) in [5, 5.41) is 76.0. The first-order valence-electron chi connectivity index (χ1n) is 27.6. The molecule has 386 valence electrons. The van der Waals surface area contributed by atoms with E-state index in [1.807, 2.05) is 0 Å². The van der Waals surface area contributed by atoms with Crippen LogP contribution in [0.1, 0.15) is 258 Å². The van der Waals surface area contributed by atoms with E-state index in [1.54, 1.807) is 0 Å². The highest BCUT2D eigenvalue weighted by Gasteiger charge is 2.44. The van der Waals surface area contributed by atoms with Crippen LogP contribution in [0.3, 0.4) is 0 Å². The summed E-state index contributed by atoms with van der Waals surface area (Å²) in [6.45, 7) is 3.46. The second-order valence-corrected chi connectivity index (χ2v) is 19.7. The van der Waals surface area contributed by atoms with Crippen molar-refractivity contribution in [3.8, 4) is 0 Å². The van der Waals surface area contributed by atoms with Gasteiger partial charge in [-0.2, -0.15) is 0 Å². The number of rotatable bonds is 47. The van der Waals surface area contributed by atoms with Gasteiger partial charge in [0.15, 0.2) is 6.29 Å². The van der Waals surface area contributed by atoms with Crippen LogP contribution in [-0.4, -0.2) is 110 Å². The van der Waals surface area contributed by atoms with Gasteiger partial charge in [0.05, 0.1) is 25.4 Å². The first-order chi connectivity index (χ1) is 31.7. The summed E-state index contributed by atoms with van der Waals surface area (Å²) >= 11 is 0. The first-order valence-corrected chi connectivity index (χ1v) is 27.6. The van der Waals surface area contributed by atoms with E-state index in [0.717, 1.165) is 57.8 Å². The monoisotopic (exact) mass is 928 g/mol. The zero-order valence-corrected chi connectivity index (χ0v) is 42.0. The molecule has 1 amide bonds. The molecule has 8 N–H and O–H groups in total. The zero-order chi connectivity index (χ0) is 47.6. The number of aliphatic hydroxyl groups is 7. The molecule has 0 aromatic carbocycles. The zero-order valence-electron chi connectivity index (χ0n) is 42.0. The predicted octanol–water partition coefficient (Wildman–Crippen LogP) is 10.8. The van der Waals surface area contributed by atoms with Crippen molar-refractivity contribution in [3.63, 3.8) is 0 Å². The molecule has 1 fully saturated rings. The minimum absolute atomic E-state index is 0.255. The van der Waals surface area contributed by atoms with Crippen LogP contribution in [0.2, 0.25) is 0 Å². The van der Waals surface area contributed by atoms with Crippen molar-refractivity contribution >= 4 is 5.91 Å². The van der Waals surface area contributed by atoms with E-state index < -0.39 is 74.2 Å². The number of carbonyl (C=O) groups is 1. The summed E-state index contributed by atoms with van der Waals surface area (Å²) < 4.78 is 11.1. The van der Waals surface area contributed by atoms with E-state index in [2.05, 4.69) is 31.3 Å². The summed E-state index contributed by atoms with van der Waals surface area (Å²) in [6, 6.07) is -1.17. The lowest BCUT2D eigenvalue weighted by molar-refractivity contribution is -0.303. The SMILES string of the molecule is CCCCCC/C=C\CCCCCCCCC(O)C(=O)NC(COC1OC(CO)C(O)C(O)C1O)C(O)C(O)CCCCCCCCCCCCCCCCCCCCCCCCCC. The molecule has 1 heterocycles. The van der Waals surface area contributed by atoms with Crippen LogP contribution in [0.25, 0.3) is 0 Å². The van der Waals surface area contributed by atoms with Gasteiger partial charge in [-0.15, -0.1) is 0 Å². The van der Waals surface area contributed by atoms with Crippen LogP contribution in [0.4, 0.5) is 0 Å². The number of ether oxygens (including phenoxy) is 2. The van der Waals surface area contributed by atoms with Crippen LogP contribution in [0, 0.1) is 0 Å². The predicted molar refractivity (Wildman–Crippen MR) is 266 cm³/mol. The molecule has 11 nitrogen and oxygen atoms in total. The fraction of sp³-hybridized carbons (Fsp3) is 0.944. The fourth-order valence-electron chi connectivity index (χ4n) is 9.03. The molecule has 0 aromatic rings. The number of hydrogen-bond acceptors (Lipinski definition) is 10. The van der Waals surface area contributed by atoms with Crippen molar-refractivity contribution in [2.24, 2.45) is 0 Å². The minimum Gasteiger partial charge on any atom is -0.394 e. The quantitative estimate of drug-likeness (QED) is 0.0215. The van der Waals surface area contributed by atoms with E-state index in [-0.39, 0.29) is 6.42 Å². The van der Waals surface area contributed by atoms with Crippen LogP contribution in [0.15, 0.2) is 12.2 Å². The lowest BCUT2D eigenvalue weighted by Crippen LogP contribution is -2.60. The lowest BCUT2D eigenvalue weighted by atomic mass is 9.98. The molecular weight excluding hydrogens is 823 g/mol. The summed E-state index contributed by atoms with van der Waals surface area (Å²) in [6.07, 6.45) is 38.3. The number of aliphatic hydroxyl groups excluding tert-OH is 7. The molecule has 0 bridgehead atoms. The Kier molecular flexibility index (Phi) is 42.0. The van der Waals surface area contributed by atoms with E-state index in [4.69, 9.17) is 9.47 Å². The topological polar surface area (TPSA) is 189 Å². The van der Waals surface area contributed by atoms with Crippen molar-refractivity contribution in [3.05, 3.63) is 12.2 Å². The van der Waals surface area contributed by atoms with Crippen LogP contribution in [-0.2, 0) is 14.3 Å². The van der Waals surface area contributed by atoms with Gasteiger partial charge in [-0.25, -0.2) is 0 Å². The number of unbranched alkanes of at least 4 members (excludes halogenated alkanes) is 33. The Labute approximate surface area is 398 Å². The Balaban J connectivity index is 2.31. The molecule has 0 radical (unpaired) electrons. The summed E-state index contributed by atoms with van der Waals surface area (Å²) in [5.41, 5.74) is 0. The van der Waals surface area contributed by atoms with Gasteiger partial charge >= 0.3 is 0 Å². The number of allylic oxidation sites excluding steroid dienone is 2. The molecular formula is C54H105NO10. The number of hydrogen-bond donors (Lipinski definition) is 8. The molecule has 0 spiro atoms. The average molecular weight is 928 g/mol. The van der Waals surface area contributed by atoms with Gasteiger partial charge in [0.2, 0.25) is 5.91 Å². The number of nitrogens with one attached hydrogen (secondary N) is 1. The van der Waals surface area contributed by atoms with E-state index in [0.29, 0.717) is 19.3 Å². The van der Waals surface area contributed by atoms with Crippen molar-refractivity contribution in [1.82, 2.24) is 5.32 Å². The molecule has 1 saturated heterocycles. The third-order valence-electron chi connectivity index (χ3n) is 13.6.